The molecule has 0 saturated carbocycles. The number of rotatable bonds is 2. The van der Waals surface area contributed by atoms with Gasteiger partial charge in [-0.15, -0.1) is 0 Å². The van der Waals surface area contributed by atoms with E-state index in [0.29, 0.717) is 18.9 Å². The summed E-state index contributed by atoms with van der Waals surface area (Å²) in [5, 5.41) is 10.5. The zero-order chi connectivity index (χ0) is 14.2. The van der Waals surface area contributed by atoms with Gasteiger partial charge in [0.15, 0.2) is 9.84 Å². The SMILES string of the molecule is O=S1(=O)CCN(c2nc3ccccc3cc2CO)CC1. The Morgan fingerprint density at radius 1 is 1.20 bits per heavy atom. The first kappa shape index (κ1) is 13.3. The van der Waals surface area contributed by atoms with Crippen LogP contribution in [0.15, 0.2) is 30.3 Å². The van der Waals surface area contributed by atoms with Crippen LogP contribution in [-0.2, 0) is 16.4 Å². The van der Waals surface area contributed by atoms with E-state index in [-0.39, 0.29) is 18.1 Å². The molecule has 2 aromatic rings. The number of hydrogen-bond donors (Lipinski definition) is 1. The number of benzene rings is 1. The Balaban J connectivity index is 2.02. The van der Waals surface area contributed by atoms with E-state index in [0.717, 1.165) is 16.5 Å². The minimum atomic E-state index is -2.92. The Hall–Kier alpha value is -1.66. The topological polar surface area (TPSA) is 70.5 Å². The molecule has 5 nitrogen and oxygen atoms in total. The number of sulfone groups is 1. The molecule has 1 fully saturated rings. The average molecular weight is 292 g/mol. The molecule has 3 rings (SSSR count). The predicted octanol–water partition coefficient (Wildman–Crippen LogP) is 0.962. The van der Waals surface area contributed by atoms with Crippen molar-refractivity contribution in [3.05, 3.63) is 35.9 Å². The number of aliphatic hydroxyl groups excluding tert-OH is 1. The van der Waals surface area contributed by atoms with Crippen LogP contribution >= 0.6 is 0 Å². The lowest BCUT2D eigenvalue weighted by molar-refractivity contribution is 0.282. The molecule has 0 bridgehead atoms. The highest BCUT2D eigenvalue weighted by Crippen LogP contribution is 2.25. The van der Waals surface area contributed by atoms with Crippen LogP contribution in [0.25, 0.3) is 10.9 Å². The number of aromatic nitrogens is 1. The minimum absolute atomic E-state index is 0.101. The van der Waals surface area contributed by atoms with Crippen molar-refractivity contribution in [3.63, 3.8) is 0 Å². The van der Waals surface area contributed by atoms with E-state index in [1.54, 1.807) is 0 Å². The van der Waals surface area contributed by atoms with Gasteiger partial charge in [-0.1, -0.05) is 18.2 Å². The number of anilines is 1. The van der Waals surface area contributed by atoms with Crippen molar-refractivity contribution < 1.29 is 13.5 Å². The monoisotopic (exact) mass is 292 g/mol. The first-order chi connectivity index (χ1) is 9.59. The van der Waals surface area contributed by atoms with Gasteiger partial charge in [-0.05, 0) is 12.1 Å². The maximum atomic E-state index is 11.5. The fourth-order valence-electron chi connectivity index (χ4n) is 2.46. The lowest BCUT2D eigenvalue weighted by Crippen LogP contribution is -2.41. The summed E-state index contributed by atoms with van der Waals surface area (Å²) in [5.41, 5.74) is 1.59. The normalized spacial score (nSPS) is 18.4. The second-order valence-electron chi connectivity index (χ2n) is 4.96. The molecule has 0 spiro atoms. The van der Waals surface area contributed by atoms with Crippen molar-refractivity contribution in [2.24, 2.45) is 0 Å². The molecular formula is C14H16N2O3S. The fraction of sp³-hybridized carbons (Fsp3) is 0.357. The van der Waals surface area contributed by atoms with Gasteiger partial charge in [0, 0.05) is 24.0 Å². The summed E-state index contributed by atoms with van der Waals surface area (Å²) in [7, 11) is -2.92. The summed E-state index contributed by atoms with van der Waals surface area (Å²) in [6.07, 6.45) is 0. The van der Waals surface area contributed by atoms with Gasteiger partial charge >= 0.3 is 0 Å². The molecule has 1 aliphatic heterocycles. The van der Waals surface area contributed by atoms with Crippen LogP contribution in [0.1, 0.15) is 5.56 Å². The van der Waals surface area contributed by atoms with Gasteiger partial charge < -0.3 is 10.0 Å². The highest BCUT2D eigenvalue weighted by Gasteiger charge is 2.24. The molecule has 20 heavy (non-hydrogen) atoms. The van der Waals surface area contributed by atoms with Crippen molar-refractivity contribution in [2.75, 3.05) is 29.5 Å². The maximum absolute atomic E-state index is 11.5. The Morgan fingerprint density at radius 3 is 2.60 bits per heavy atom. The summed E-state index contributed by atoms with van der Waals surface area (Å²) in [5.74, 6) is 0.986. The molecule has 2 heterocycles. The van der Waals surface area contributed by atoms with Crippen LogP contribution in [0.5, 0.6) is 0 Å². The molecule has 1 N–H and O–H groups in total. The number of aliphatic hydroxyl groups is 1. The Kier molecular flexibility index (Phi) is 3.35. The Bertz CT molecular complexity index is 729. The van der Waals surface area contributed by atoms with Crippen LogP contribution in [0.4, 0.5) is 5.82 Å². The lowest BCUT2D eigenvalue weighted by Gasteiger charge is -2.29. The zero-order valence-electron chi connectivity index (χ0n) is 11.0. The fourth-order valence-corrected chi connectivity index (χ4v) is 3.67. The summed E-state index contributed by atoms with van der Waals surface area (Å²) in [6.45, 7) is 0.762. The van der Waals surface area contributed by atoms with Gasteiger partial charge in [-0.2, -0.15) is 0 Å². The predicted molar refractivity (Wildman–Crippen MR) is 78.5 cm³/mol. The van der Waals surface area contributed by atoms with Crippen molar-refractivity contribution in [1.29, 1.82) is 0 Å². The molecule has 106 valence electrons. The van der Waals surface area contributed by atoms with Crippen molar-refractivity contribution >= 4 is 26.6 Å². The first-order valence-electron chi connectivity index (χ1n) is 6.54. The summed E-state index contributed by atoms with van der Waals surface area (Å²) in [6, 6.07) is 9.63. The largest absolute Gasteiger partial charge is 0.392 e. The number of hydrogen-bond acceptors (Lipinski definition) is 5. The summed E-state index contributed by atoms with van der Waals surface area (Å²) < 4.78 is 23.0. The number of fused-ring (bicyclic) bond motifs is 1. The van der Waals surface area contributed by atoms with Crippen LogP contribution in [0.3, 0.4) is 0 Å². The van der Waals surface area contributed by atoms with E-state index in [1.165, 1.54) is 0 Å². The molecule has 0 atom stereocenters. The van der Waals surface area contributed by atoms with Crippen molar-refractivity contribution in [3.8, 4) is 0 Å². The van der Waals surface area contributed by atoms with E-state index in [9.17, 15) is 13.5 Å². The third kappa shape index (κ3) is 2.48. The van der Waals surface area contributed by atoms with Gasteiger partial charge in [0.25, 0.3) is 0 Å². The molecule has 1 aliphatic rings. The first-order valence-corrected chi connectivity index (χ1v) is 8.36. The molecule has 0 amide bonds. The third-order valence-corrected chi connectivity index (χ3v) is 5.20. The average Bonchev–Trinajstić information content (AvgIpc) is 2.46. The number of para-hydroxylation sites is 1. The molecule has 1 saturated heterocycles. The minimum Gasteiger partial charge on any atom is -0.392 e. The van der Waals surface area contributed by atoms with E-state index >= 15 is 0 Å². The van der Waals surface area contributed by atoms with Crippen LogP contribution in [0, 0.1) is 0 Å². The van der Waals surface area contributed by atoms with E-state index in [4.69, 9.17) is 0 Å². The molecule has 0 aliphatic carbocycles. The molecule has 1 aromatic carbocycles. The van der Waals surface area contributed by atoms with Crippen molar-refractivity contribution in [2.45, 2.75) is 6.61 Å². The van der Waals surface area contributed by atoms with E-state index in [2.05, 4.69) is 4.98 Å². The molecule has 1 aromatic heterocycles. The summed E-state index contributed by atoms with van der Waals surface area (Å²) >= 11 is 0. The van der Waals surface area contributed by atoms with Gasteiger partial charge in [0.1, 0.15) is 5.82 Å². The molecule has 0 unspecified atom stereocenters. The summed E-state index contributed by atoms with van der Waals surface area (Å²) in [4.78, 5) is 6.53. The Morgan fingerprint density at radius 2 is 1.90 bits per heavy atom. The third-order valence-electron chi connectivity index (χ3n) is 3.59. The van der Waals surface area contributed by atoms with Gasteiger partial charge in [0.05, 0.1) is 23.6 Å². The number of nitrogens with zero attached hydrogens (tertiary/aromatic N) is 2. The van der Waals surface area contributed by atoms with Crippen LogP contribution in [-0.4, -0.2) is 43.1 Å². The Labute approximate surface area is 117 Å². The van der Waals surface area contributed by atoms with Gasteiger partial charge in [-0.3, -0.25) is 0 Å². The molecule has 6 heteroatoms. The van der Waals surface area contributed by atoms with Crippen LogP contribution in [0.2, 0.25) is 0 Å². The van der Waals surface area contributed by atoms with Crippen LogP contribution < -0.4 is 4.90 Å². The van der Waals surface area contributed by atoms with Crippen molar-refractivity contribution in [1.82, 2.24) is 4.98 Å². The quantitative estimate of drug-likeness (QED) is 0.893. The lowest BCUT2D eigenvalue weighted by atomic mass is 10.1. The second-order valence-corrected chi connectivity index (χ2v) is 7.26. The second kappa shape index (κ2) is 5.03. The van der Waals surface area contributed by atoms with E-state index in [1.807, 2.05) is 35.2 Å². The zero-order valence-corrected chi connectivity index (χ0v) is 11.8. The molecule has 0 radical (unpaired) electrons. The van der Waals surface area contributed by atoms with Gasteiger partial charge in [-0.25, -0.2) is 13.4 Å². The van der Waals surface area contributed by atoms with Gasteiger partial charge in [0.2, 0.25) is 0 Å². The molecular weight excluding hydrogens is 276 g/mol. The smallest absolute Gasteiger partial charge is 0.153 e. The highest BCUT2D eigenvalue weighted by atomic mass is 32.2. The highest BCUT2D eigenvalue weighted by molar-refractivity contribution is 7.91. The standard InChI is InChI=1S/C14H16N2O3S/c17-10-12-9-11-3-1-2-4-13(11)15-14(12)16-5-7-20(18,19)8-6-16/h1-4,9,17H,5-8,10H2. The number of pyridine rings is 1. The maximum Gasteiger partial charge on any atom is 0.153 e. The van der Waals surface area contributed by atoms with E-state index < -0.39 is 9.84 Å².